The Morgan fingerprint density at radius 2 is 0.968 bits per heavy atom. The minimum atomic E-state index is -0.0831. The van der Waals surface area contributed by atoms with Crippen molar-refractivity contribution >= 4 is 43.4 Å². The molecule has 4 heteroatoms. The molecular weight excluding hydrogens is 753 g/mol. The van der Waals surface area contributed by atoms with E-state index in [4.69, 9.17) is 15.0 Å². The third kappa shape index (κ3) is 5.42. The van der Waals surface area contributed by atoms with Gasteiger partial charge in [-0.1, -0.05) is 157 Å². The van der Waals surface area contributed by atoms with Gasteiger partial charge in [-0.05, 0) is 116 Å². The van der Waals surface area contributed by atoms with Crippen LogP contribution in [0.3, 0.4) is 0 Å². The number of fused-ring (bicyclic) bond motifs is 9. The van der Waals surface area contributed by atoms with Crippen LogP contribution >= 0.6 is 0 Å². The number of rotatable bonds is 4. The second-order valence-electron chi connectivity index (χ2n) is 19.5. The lowest BCUT2D eigenvalue weighted by Crippen LogP contribution is -2.33. The number of hydrogen-bond acceptors (Lipinski definition) is 3. The van der Waals surface area contributed by atoms with Crippen LogP contribution in [0.15, 0.2) is 158 Å². The SMILES string of the molecule is CC1(C)CCC(C)(C)c2cc3c(cc21)c1cc2ccccc2cc1n3-c1ccc(-c2nc(-c3ccccc3)nc(-c3ccc4c(c3)-c3ccccc3C4(C)C)n2)c2ccccc12. The van der Waals surface area contributed by atoms with Crippen LogP contribution in [0.1, 0.15) is 76.6 Å². The molecule has 0 aliphatic heterocycles. The van der Waals surface area contributed by atoms with Crippen LogP contribution in [-0.2, 0) is 16.2 Å². The lowest BCUT2D eigenvalue weighted by atomic mass is 9.63. The molecule has 2 aromatic heterocycles. The first kappa shape index (κ1) is 36.9. The van der Waals surface area contributed by atoms with Crippen molar-refractivity contribution in [2.75, 3.05) is 0 Å². The summed E-state index contributed by atoms with van der Waals surface area (Å²) in [5.74, 6) is 1.98. The standard InChI is InChI=1S/C58H48N4/c1-56(2)28-29-57(3,4)49-34-52-45(33-48(49)56)44-30-36-18-10-11-19-37(36)32-51(44)62(52)50-27-25-42(39-20-12-13-22-41(39)50)55-60-53(35-16-8-7-9-17-35)59-54(61-55)38-24-26-47-43(31-38)40-21-14-15-23-46(40)58(47,5)6/h7-27,30-34H,28-29H2,1-6H3. The summed E-state index contributed by atoms with van der Waals surface area (Å²) < 4.78 is 2.53. The quantitative estimate of drug-likeness (QED) is 0.178. The molecule has 0 saturated heterocycles. The zero-order valence-electron chi connectivity index (χ0n) is 36.2. The molecule has 12 rings (SSSR count). The second kappa shape index (κ2) is 13.0. The topological polar surface area (TPSA) is 43.6 Å². The average Bonchev–Trinajstić information content (AvgIpc) is 3.72. The van der Waals surface area contributed by atoms with Gasteiger partial charge in [-0.3, -0.25) is 0 Å². The summed E-state index contributed by atoms with van der Waals surface area (Å²) in [6, 6.07) is 57.7. The molecule has 2 aliphatic carbocycles. The van der Waals surface area contributed by atoms with Crippen molar-refractivity contribution in [2.24, 2.45) is 0 Å². The van der Waals surface area contributed by atoms with Crippen LogP contribution in [0.25, 0.3) is 94.3 Å². The monoisotopic (exact) mass is 800 g/mol. The van der Waals surface area contributed by atoms with Gasteiger partial charge in [0.1, 0.15) is 0 Å². The number of nitrogens with zero attached hydrogens (tertiary/aromatic N) is 4. The smallest absolute Gasteiger partial charge is 0.164 e. The van der Waals surface area contributed by atoms with Crippen molar-refractivity contribution in [3.8, 4) is 51.0 Å². The molecule has 2 aliphatic rings. The Morgan fingerprint density at radius 3 is 1.74 bits per heavy atom. The van der Waals surface area contributed by atoms with Crippen LogP contribution in [0.4, 0.5) is 0 Å². The van der Waals surface area contributed by atoms with Gasteiger partial charge >= 0.3 is 0 Å². The third-order valence-corrected chi connectivity index (χ3v) is 14.5. The molecule has 0 bridgehead atoms. The summed E-state index contributed by atoms with van der Waals surface area (Å²) in [5, 5.41) is 7.32. The van der Waals surface area contributed by atoms with Crippen molar-refractivity contribution in [1.29, 1.82) is 0 Å². The first-order valence-corrected chi connectivity index (χ1v) is 22.1. The van der Waals surface area contributed by atoms with E-state index in [1.54, 1.807) is 0 Å². The molecule has 2 heterocycles. The molecular formula is C58H48N4. The molecule has 0 saturated carbocycles. The Bertz CT molecular complexity index is 3500. The van der Waals surface area contributed by atoms with Crippen LogP contribution in [0, 0.1) is 0 Å². The van der Waals surface area contributed by atoms with Gasteiger partial charge in [0.05, 0.1) is 16.7 Å². The van der Waals surface area contributed by atoms with E-state index in [9.17, 15) is 0 Å². The van der Waals surface area contributed by atoms with Gasteiger partial charge < -0.3 is 4.57 Å². The average molecular weight is 801 g/mol. The summed E-state index contributed by atoms with van der Waals surface area (Å²) in [6.45, 7) is 14.3. The minimum absolute atomic E-state index is 0.0717. The van der Waals surface area contributed by atoms with E-state index in [-0.39, 0.29) is 16.2 Å². The van der Waals surface area contributed by atoms with Crippen LogP contribution < -0.4 is 0 Å². The molecule has 8 aromatic carbocycles. The van der Waals surface area contributed by atoms with Gasteiger partial charge in [0.25, 0.3) is 0 Å². The van der Waals surface area contributed by atoms with E-state index in [0.717, 1.165) is 39.6 Å². The summed E-state index contributed by atoms with van der Waals surface area (Å²) >= 11 is 0. The predicted octanol–water partition coefficient (Wildman–Crippen LogP) is 14.9. The summed E-state index contributed by atoms with van der Waals surface area (Å²) in [6.07, 6.45) is 2.34. The molecule has 10 aromatic rings. The lowest BCUT2D eigenvalue weighted by Gasteiger charge is -2.42. The van der Waals surface area contributed by atoms with Crippen LogP contribution in [0.2, 0.25) is 0 Å². The minimum Gasteiger partial charge on any atom is -0.309 e. The van der Waals surface area contributed by atoms with E-state index >= 15 is 0 Å². The first-order valence-electron chi connectivity index (χ1n) is 22.1. The highest BCUT2D eigenvalue weighted by Crippen LogP contribution is 2.51. The molecule has 0 spiro atoms. The highest BCUT2D eigenvalue weighted by Gasteiger charge is 2.38. The fourth-order valence-electron chi connectivity index (χ4n) is 10.9. The van der Waals surface area contributed by atoms with Gasteiger partial charge in [0.15, 0.2) is 17.5 Å². The number of aromatic nitrogens is 4. The third-order valence-electron chi connectivity index (χ3n) is 14.5. The molecule has 0 N–H and O–H groups in total. The van der Waals surface area contributed by atoms with E-state index in [1.807, 2.05) is 18.2 Å². The molecule has 4 nitrogen and oxygen atoms in total. The van der Waals surface area contributed by atoms with Crippen molar-refractivity contribution in [3.63, 3.8) is 0 Å². The Labute approximate surface area is 363 Å². The van der Waals surface area contributed by atoms with Crippen molar-refractivity contribution in [1.82, 2.24) is 19.5 Å². The maximum Gasteiger partial charge on any atom is 0.164 e. The normalized spacial score (nSPS) is 15.8. The fourth-order valence-corrected chi connectivity index (χ4v) is 10.9. The number of hydrogen-bond donors (Lipinski definition) is 0. The van der Waals surface area contributed by atoms with Gasteiger partial charge in [-0.25, -0.2) is 15.0 Å². The largest absolute Gasteiger partial charge is 0.309 e. The molecule has 0 radical (unpaired) electrons. The Morgan fingerprint density at radius 1 is 0.387 bits per heavy atom. The molecule has 62 heavy (non-hydrogen) atoms. The van der Waals surface area contributed by atoms with Crippen LogP contribution in [-0.4, -0.2) is 19.5 Å². The van der Waals surface area contributed by atoms with Gasteiger partial charge in [0, 0.05) is 38.3 Å². The Hall–Kier alpha value is -6.91. The molecule has 0 atom stereocenters. The zero-order chi connectivity index (χ0) is 42.1. The molecule has 0 fully saturated rings. The first-order chi connectivity index (χ1) is 30.0. The Balaban J connectivity index is 1.10. The van der Waals surface area contributed by atoms with Gasteiger partial charge in [0.2, 0.25) is 0 Å². The second-order valence-corrected chi connectivity index (χ2v) is 19.5. The molecule has 300 valence electrons. The molecule has 0 amide bonds. The van der Waals surface area contributed by atoms with Crippen molar-refractivity contribution < 1.29 is 0 Å². The van der Waals surface area contributed by atoms with Crippen molar-refractivity contribution in [3.05, 3.63) is 180 Å². The zero-order valence-corrected chi connectivity index (χ0v) is 36.2. The van der Waals surface area contributed by atoms with E-state index in [1.165, 1.54) is 72.4 Å². The van der Waals surface area contributed by atoms with Gasteiger partial charge in [-0.15, -0.1) is 0 Å². The summed E-state index contributed by atoms with van der Waals surface area (Å²) in [7, 11) is 0. The van der Waals surface area contributed by atoms with Crippen LogP contribution in [0.5, 0.6) is 0 Å². The summed E-state index contributed by atoms with van der Waals surface area (Å²) in [4.78, 5) is 15.8. The number of benzene rings is 8. The lowest BCUT2D eigenvalue weighted by molar-refractivity contribution is 0.332. The van der Waals surface area contributed by atoms with E-state index in [2.05, 4.69) is 186 Å². The Kier molecular flexibility index (Phi) is 7.77. The fraction of sp³-hybridized carbons (Fsp3) is 0.190. The maximum atomic E-state index is 5.34. The van der Waals surface area contributed by atoms with E-state index in [0.29, 0.717) is 17.5 Å². The highest BCUT2D eigenvalue weighted by atomic mass is 15.0. The molecule has 0 unspecified atom stereocenters. The maximum absolute atomic E-state index is 5.34. The van der Waals surface area contributed by atoms with Gasteiger partial charge in [-0.2, -0.15) is 0 Å². The summed E-state index contributed by atoms with van der Waals surface area (Å²) in [5.41, 5.74) is 14.7. The van der Waals surface area contributed by atoms with Crippen molar-refractivity contribution in [2.45, 2.75) is 70.6 Å². The van der Waals surface area contributed by atoms with E-state index < -0.39 is 0 Å². The predicted molar refractivity (Wildman–Crippen MR) is 258 cm³/mol. The highest BCUT2D eigenvalue weighted by molar-refractivity contribution is 6.15.